The number of benzene rings is 1. The molecule has 0 spiro atoms. The average Bonchev–Trinajstić information content (AvgIpc) is 2.29. The molecule has 1 aromatic carbocycles. The van der Waals surface area contributed by atoms with E-state index in [0.717, 1.165) is 0 Å². The smallest absolute Gasteiger partial charge is 0.246 e. The Morgan fingerprint density at radius 1 is 1.41 bits per heavy atom. The van der Waals surface area contributed by atoms with Crippen molar-refractivity contribution in [1.82, 2.24) is 5.32 Å². The summed E-state index contributed by atoms with van der Waals surface area (Å²) >= 11 is 0. The monoisotopic (exact) mass is 239 g/mol. The molecule has 1 rings (SSSR count). The summed E-state index contributed by atoms with van der Waals surface area (Å²) in [6.45, 7) is 4.20. The van der Waals surface area contributed by atoms with Crippen LogP contribution in [0, 0.1) is 5.82 Å². The number of halogens is 1. The summed E-state index contributed by atoms with van der Waals surface area (Å²) in [5, 5.41) is 2.68. The van der Waals surface area contributed by atoms with E-state index in [4.69, 9.17) is 4.74 Å². The lowest BCUT2D eigenvalue weighted by Crippen LogP contribution is -2.30. The minimum absolute atomic E-state index is 0.0346. The molecule has 0 saturated heterocycles. The lowest BCUT2D eigenvalue weighted by Gasteiger charge is -2.08. The normalized spacial score (nSPS) is 10.6. The van der Waals surface area contributed by atoms with Gasteiger partial charge in [0.15, 0.2) is 0 Å². The molecule has 0 aliphatic carbocycles. The summed E-state index contributed by atoms with van der Waals surface area (Å²) in [6.07, 6.45) is 0.521. The fourth-order valence-corrected chi connectivity index (χ4v) is 1.33. The third kappa shape index (κ3) is 5.45. The standard InChI is InChI=1S/C13H18FNO2/c1-10(2)17-9-13(16)15-8-7-11-5-3-4-6-12(11)14/h3-6,10H,7-9H2,1-2H3,(H,15,16). The Hall–Kier alpha value is -1.42. The van der Waals surface area contributed by atoms with E-state index in [9.17, 15) is 9.18 Å². The van der Waals surface area contributed by atoms with Crippen LogP contribution >= 0.6 is 0 Å². The van der Waals surface area contributed by atoms with Gasteiger partial charge in [-0.05, 0) is 31.9 Å². The minimum atomic E-state index is -0.236. The van der Waals surface area contributed by atoms with Gasteiger partial charge in [0.2, 0.25) is 5.91 Å². The van der Waals surface area contributed by atoms with Crippen LogP contribution in [-0.2, 0) is 16.0 Å². The van der Waals surface area contributed by atoms with Crippen molar-refractivity contribution in [2.24, 2.45) is 0 Å². The van der Waals surface area contributed by atoms with Crippen LogP contribution in [0.5, 0.6) is 0 Å². The second-order valence-corrected chi connectivity index (χ2v) is 4.05. The van der Waals surface area contributed by atoms with Crippen molar-refractivity contribution in [3.05, 3.63) is 35.6 Å². The number of carbonyl (C=O) groups excluding carboxylic acids is 1. The number of nitrogens with one attached hydrogen (secondary N) is 1. The van der Waals surface area contributed by atoms with Gasteiger partial charge in [-0.25, -0.2) is 4.39 Å². The van der Waals surface area contributed by atoms with Crippen molar-refractivity contribution in [2.45, 2.75) is 26.4 Å². The van der Waals surface area contributed by atoms with Crippen LogP contribution in [-0.4, -0.2) is 25.2 Å². The zero-order chi connectivity index (χ0) is 12.7. The van der Waals surface area contributed by atoms with Crippen LogP contribution in [0.4, 0.5) is 4.39 Å². The summed E-state index contributed by atoms with van der Waals surface area (Å²) in [6, 6.07) is 6.56. The number of hydrogen-bond donors (Lipinski definition) is 1. The summed E-state index contributed by atoms with van der Waals surface area (Å²) in [4.78, 5) is 11.3. The van der Waals surface area contributed by atoms with E-state index < -0.39 is 0 Å². The first-order chi connectivity index (χ1) is 8.09. The second kappa shape index (κ2) is 7.01. The molecule has 17 heavy (non-hydrogen) atoms. The maximum Gasteiger partial charge on any atom is 0.246 e. The largest absolute Gasteiger partial charge is 0.369 e. The summed E-state index contributed by atoms with van der Waals surface area (Å²) in [5.41, 5.74) is 0.609. The van der Waals surface area contributed by atoms with Gasteiger partial charge in [-0.2, -0.15) is 0 Å². The number of ether oxygens (including phenoxy) is 1. The summed E-state index contributed by atoms with van der Waals surface area (Å²) in [5.74, 6) is -0.407. The van der Waals surface area contributed by atoms with Crippen molar-refractivity contribution >= 4 is 5.91 Å². The fourth-order valence-electron chi connectivity index (χ4n) is 1.33. The van der Waals surface area contributed by atoms with Crippen LogP contribution in [0.3, 0.4) is 0 Å². The van der Waals surface area contributed by atoms with Crippen molar-refractivity contribution < 1.29 is 13.9 Å². The Kier molecular flexibility index (Phi) is 5.63. The lowest BCUT2D eigenvalue weighted by molar-refractivity contribution is -0.127. The average molecular weight is 239 g/mol. The second-order valence-electron chi connectivity index (χ2n) is 4.05. The van der Waals surface area contributed by atoms with Crippen LogP contribution in [0.15, 0.2) is 24.3 Å². The molecule has 1 N–H and O–H groups in total. The Morgan fingerprint density at radius 3 is 2.76 bits per heavy atom. The molecule has 94 valence electrons. The first-order valence-corrected chi connectivity index (χ1v) is 5.71. The van der Waals surface area contributed by atoms with E-state index in [2.05, 4.69) is 5.32 Å². The molecule has 0 heterocycles. The SMILES string of the molecule is CC(C)OCC(=O)NCCc1ccccc1F. The molecule has 0 aliphatic rings. The third-order valence-electron chi connectivity index (χ3n) is 2.22. The molecule has 1 aromatic rings. The predicted molar refractivity (Wildman–Crippen MR) is 64.2 cm³/mol. The van der Waals surface area contributed by atoms with Gasteiger partial charge < -0.3 is 10.1 Å². The van der Waals surface area contributed by atoms with E-state index in [0.29, 0.717) is 18.5 Å². The van der Waals surface area contributed by atoms with E-state index in [1.54, 1.807) is 18.2 Å². The zero-order valence-corrected chi connectivity index (χ0v) is 10.2. The molecule has 4 heteroatoms. The Balaban J connectivity index is 2.24. The maximum absolute atomic E-state index is 13.2. The van der Waals surface area contributed by atoms with Crippen molar-refractivity contribution in [1.29, 1.82) is 0 Å². The molecule has 1 amide bonds. The predicted octanol–water partition coefficient (Wildman–Crippen LogP) is 1.91. The van der Waals surface area contributed by atoms with Crippen LogP contribution in [0.1, 0.15) is 19.4 Å². The van der Waals surface area contributed by atoms with Gasteiger partial charge in [0.05, 0.1) is 6.10 Å². The highest BCUT2D eigenvalue weighted by molar-refractivity contribution is 5.77. The van der Waals surface area contributed by atoms with Crippen molar-refractivity contribution in [2.75, 3.05) is 13.2 Å². The number of amides is 1. The molecule has 0 unspecified atom stereocenters. The summed E-state index contributed by atoms with van der Waals surface area (Å²) < 4.78 is 18.4. The highest BCUT2D eigenvalue weighted by Crippen LogP contribution is 2.05. The van der Waals surface area contributed by atoms with E-state index in [-0.39, 0.29) is 24.4 Å². The van der Waals surface area contributed by atoms with Gasteiger partial charge in [-0.1, -0.05) is 18.2 Å². The molecule has 0 fully saturated rings. The Labute approximate surface area is 101 Å². The van der Waals surface area contributed by atoms with Gasteiger partial charge >= 0.3 is 0 Å². The van der Waals surface area contributed by atoms with Crippen LogP contribution < -0.4 is 5.32 Å². The Bertz CT molecular complexity index is 366. The van der Waals surface area contributed by atoms with Gasteiger partial charge in [-0.15, -0.1) is 0 Å². The van der Waals surface area contributed by atoms with Crippen LogP contribution in [0.25, 0.3) is 0 Å². The molecule has 3 nitrogen and oxygen atoms in total. The van der Waals surface area contributed by atoms with Crippen LogP contribution in [0.2, 0.25) is 0 Å². The minimum Gasteiger partial charge on any atom is -0.369 e. The molecule has 0 atom stereocenters. The lowest BCUT2D eigenvalue weighted by atomic mass is 10.1. The molecule has 0 radical (unpaired) electrons. The summed E-state index contributed by atoms with van der Waals surface area (Å²) in [7, 11) is 0. The molecule has 0 bridgehead atoms. The van der Waals surface area contributed by atoms with Gasteiger partial charge in [-0.3, -0.25) is 4.79 Å². The molecule has 0 aromatic heterocycles. The van der Waals surface area contributed by atoms with E-state index in [1.807, 2.05) is 13.8 Å². The van der Waals surface area contributed by atoms with E-state index in [1.165, 1.54) is 6.07 Å². The highest BCUT2D eigenvalue weighted by Gasteiger charge is 2.04. The highest BCUT2D eigenvalue weighted by atomic mass is 19.1. The van der Waals surface area contributed by atoms with E-state index >= 15 is 0 Å². The third-order valence-corrected chi connectivity index (χ3v) is 2.22. The topological polar surface area (TPSA) is 38.3 Å². The molecular weight excluding hydrogens is 221 g/mol. The van der Waals surface area contributed by atoms with Gasteiger partial charge in [0.25, 0.3) is 0 Å². The zero-order valence-electron chi connectivity index (χ0n) is 10.2. The molecule has 0 saturated carbocycles. The number of rotatable bonds is 6. The van der Waals surface area contributed by atoms with Crippen molar-refractivity contribution in [3.8, 4) is 0 Å². The first kappa shape index (κ1) is 13.6. The Morgan fingerprint density at radius 2 is 2.12 bits per heavy atom. The molecular formula is C13H18FNO2. The fraction of sp³-hybridized carbons (Fsp3) is 0.462. The molecule has 0 aliphatic heterocycles. The van der Waals surface area contributed by atoms with Crippen molar-refractivity contribution in [3.63, 3.8) is 0 Å². The number of carbonyl (C=O) groups is 1. The quantitative estimate of drug-likeness (QED) is 0.823. The van der Waals surface area contributed by atoms with Gasteiger partial charge in [0, 0.05) is 6.54 Å². The van der Waals surface area contributed by atoms with Gasteiger partial charge in [0.1, 0.15) is 12.4 Å². The first-order valence-electron chi connectivity index (χ1n) is 5.71. The maximum atomic E-state index is 13.2. The number of hydrogen-bond acceptors (Lipinski definition) is 2.